The first kappa shape index (κ1) is 24.5. The molecule has 3 heterocycles. The third-order valence-electron chi connectivity index (χ3n) is 7.26. The minimum atomic E-state index is -3.61. The molecular formula is C28H33N3O4S. The lowest BCUT2D eigenvalue weighted by Gasteiger charge is -2.52. The van der Waals surface area contributed by atoms with E-state index in [0.29, 0.717) is 17.8 Å². The predicted octanol–water partition coefficient (Wildman–Crippen LogP) is 4.67. The van der Waals surface area contributed by atoms with Gasteiger partial charge in [-0.15, -0.1) is 0 Å². The third-order valence-corrected chi connectivity index (χ3v) is 8.66. The maximum absolute atomic E-state index is 12.7. The fourth-order valence-corrected chi connectivity index (χ4v) is 6.35. The summed E-state index contributed by atoms with van der Waals surface area (Å²) in [6.07, 6.45) is 2.35. The van der Waals surface area contributed by atoms with Gasteiger partial charge in [-0.05, 0) is 73.9 Å². The van der Waals surface area contributed by atoms with Gasteiger partial charge in [0.15, 0.2) is 11.5 Å². The average Bonchev–Trinajstić information content (AvgIpc) is 2.89. The van der Waals surface area contributed by atoms with E-state index in [1.165, 1.54) is 12.0 Å². The number of ether oxygens (including phenoxy) is 2. The van der Waals surface area contributed by atoms with E-state index in [2.05, 4.69) is 26.7 Å². The standard InChI is InChI=1S/C28H33N3O4S/c1-20-4-13-26(14-5-20)36(32,33)29-22-7-9-23(10-8-22)31-19-24-11-12-25(31)18-30(24)17-21-6-15-27(34-2)28(16-21)35-3/h4-10,13-16,24-25,29H,11-12,17-19H2,1-3H3/t24-,25-/m0/s1. The molecule has 190 valence electrons. The summed E-state index contributed by atoms with van der Waals surface area (Å²) in [5, 5.41) is 0. The summed E-state index contributed by atoms with van der Waals surface area (Å²) in [4.78, 5) is 5.30. The van der Waals surface area contributed by atoms with Gasteiger partial charge in [0.1, 0.15) is 0 Å². The maximum atomic E-state index is 12.7. The monoisotopic (exact) mass is 507 g/mol. The molecule has 7 nitrogen and oxygen atoms in total. The Hall–Kier alpha value is -3.23. The Kier molecular flexibility index (Phi) is 6.81. The van der Waals surface area contributed by atoms with E-state index in [4.69, 9.17) is 9.47 Å². The third kappa shape index (κ3) is 5.01. The van der Waals surface area contributed by atoms with Crippen LogP contribution in [0.15, 0.2) is 71.6 Å². The molecule has 0 amide bonds. The Morgan fingerprint density at radius 1 is 0.861 bits per heavy atom. The first-order chi connectivity index (χ1) is 17.4. The van der Waals surface area contributed by atoms with Crippen molar-refractivity contribution < 1.29 is 17.9 Å². The van der Waals surface area contributed by atoms with E-state index < -0.39 is 10.0 Å². The number of anilines is 2. The molecule has 6 rings (SSSR count). The number of fused-ring (bicyclic) bond motifs is 3. The van der Waals surface area contributed by atoms with Crippen molar-refractivity contribution in [1.29, 1.82) is 0 Å². The van der Waals surface area contributed by atoms with Gasteiger partial charge >= 0.3 is 0 Å². The van der Waals surface area contributed by atoms with Gasteiger partial charge in [-0.3, -0.25) is 9.62 Å². The molecule has 0 aromatic heterocycles. The second-order valence-corrected chi connectivity index (χ2v) is 11.3. The van der Waals surface area contributed by atoms with Crippen LogP contribution in [-0.4, -0.2) is 52.7 Å². The second-order valence-electron chi connectivity index (χ2n) is 9.62. The normalized spacial score (nSPS) is 19.8. The Labute approximate surface area is 213 Å². The Bertz CT molecular complexity index is 1310. The van der Waals surface area contributed by atoms with Gasteiger partial charge in [0.25, 0.3) is 10.0 Å². The zero-order valence-electron chi connectivity index (χ0n) is 21.0. The van der Waals surface area contributed by atoms with Crippen LogP contribution in [-0.2, 0) is 16.6 Å². The highest BCUT2D eigenvalue weighted by Crippen LogP contribution is 2.35. The molecule has 3 fully saturated rings. The van der Waals surface area contributed by atoms with Crippen LogP contribution in [0.4, 0.5) is 11.4 Å². The first-order valence-electron chi connectivity index (χ1n) is 12.3. The highest BCUT2D eigenvalue weighted by Gasteiger charge is 2.38. The summed E-state index contributed by atoms with van der Waals surface area (Å²) in [7, 11) is -0.288. The second kappa shape index (κ2) is 10.0. The van der Waals surface area contributed by atoms with Crippen molar-refractivity contribution in [1.82, 2.24) is 4.90 Å². The van der Waals surface area contributed by atoms with Crippen LogP contribution in [0.5, 0.6) is 11.5 Å². The summed E-state index contributed by atoms with van der Waals surface area (Å²) < 4.78 is 39.0. The molecule has 3 aliphatic rings. The summed E-state index contributed by atoms with van der Waals surface area (Å²) in [5.74, 6) is 1.51. The molecule has 3 saturated heterocycles. The summed E-state index contributed by atoms with van der Waals surface area (Å²) in [6, 6.07) is 21.7. The Morgan fingerprint density at radius 3 is 2.19 bits per heavy atom. The number of piperidine rings is 2. The smallest absolute Gasteiger partial charge is 0.261 e. The molecular weight excluding hydrogens is 474 g/mol. The first-order valence-corrected chi connectivity index (χ1v) is 13.8. The zero-order valence-corrected chi connectivity index (χ0v) is 21.8. The number of aryl methyl sites for hydroxylation is 1. The lowest BCUT2D eigenvalue weighted by atomic mass is 9.89. The van der Waals surface area contributed by atoms with Crippen LogP contribution in [0, 0.1) is 6.92 Å². The predicted molar refractivity (Wildman–Crippen MR) is 143 cm³/mol. The van der Waals surface area contributed by atoms with Gasteiger partial charge in [0.2, 0.25) is 0 Å². The molecule has 0 spiro atoms. The molecule has 3 aromatic carbocycles. The molecule has 3 aliphatic heterocycles. The molecule has 3 aromatic rings. The van der Waals surface area contributed by atoms with Crippen LogP contribution in [0.3, 0.4) is 0 Å². The average molecular weight is 508 g/mol. The molecule has 2 atom stereocenters. The van der Waals surface area contributed by atoms with Gasteiger partial charge in [-0.25, -0.2) is 8.42 Å². The zero-order chi connectivity index (χ0) is 25.3. The molecule has 2 bridgehead atoms. The summed E-state index contributed by atoms with van der Waals surface area (Å²) in [6.45, 7) is 4.79. The fourth-order valence-electron chi connectivity index (χ4n) is 5.29. The summed E-state index contributed by atoms with van der Waals surface area (Å²) in [5.41, 5.74) is 3.94. The lowest BCUT2D eigenvalue weighted by molar-refractivity contribution is 0.0889. The van der Waals surface area contributed by atoms with E-state index in [1.54, 1.807) is 38.5 Å². The van der Waals surface area contributed by atoms with E-state index in [-0.39, 0.29) is 4.90 Å². The molecule has 36 heavy (non-hydrogen) atoms. The molecule has 1 N–H and O–H groups in total. The summed E-state index contributed by atoms with van der Waals surface area (Å²) >= 11 is 0. The van der Waals surface area contributed by atoms with E-state index in [1.807, 2.05) is 37.3 Å². The molecule has 0 saturated carbocycles. The quantitative estimate of drug-likeness (QED) is 0.478. The van der Waals surface area contributed by atoms with Gasteiger partial charge in [0, 0.05) is 43.1 Å². The number of nitrogens with one attached hydrogen (secondary N) is 1. The molecule has 0 unspecified atom stereocenters. The SMILES string of the molecule is COc1ccc(CN2C[C@@H]3CC[C@H]2CN3c2ccc(NS(=O)(=O)c3ccc(C)cc3)cc2)cc1OC. The van der Waals surface area contributed by atoms with Crippen molar-refractivity contribution in [2.75, 3.05) is 36.9 Å². The number of hydrogen-bond donors (Lipinski definition) is 1. The fraction of sp³-hybridized carbons (Fsp3) is 0.357. The molecule has 0 aliphatic carbocycles. The lowest BCUT2D eigenvalue weighted by Crippen LogP contribution is -2.62. The largest absolute Gasteiger partial charge is 0.493 e. The number of sulfonamides is 1. The van der Waals surface area contributed by atoms with E-state index in [0.717, 1.165) is 48.8 Å². The van der Waals surface area contributed by atoms with Crippen LogP contribution in [0.2, 0.25) is 0 Å². The van der Waals surface area contributed by atoms with Crippen molar-refractivity contribution in [2.24, 2.45) is 0 Å². The van der Waals surface area contributed by atoms with Crippen LogP contribution in [0.1, 0.15) is 24.0 Å². The Balaban J connectivity index is 1.24. The van der Waals surface area contributed by atoms with Crippen molar-refractivity contribution in [3.8, 4) is 11.5 Å². The molecule has 0 radical (unpaired) electrons. The molecule has 8 heteroatoms. The number of nitrogens with zero attached hydrogens (tertiary/aromatic N) is 2. The number of methoxy groups -OCH3 is 2. The Morgan fingerprint density at radius 2 is 1.56 bits per heavy atom. The number of rotatable bonds is 8. The maximum Gasteiger partial charge on any atom is 0.261 e. The minimum absolute atomic E-state index is 0.264. The number of benzene rings is 3. The van der Waals surface area contributed by atoms with Crippen LogP contribution < -0.4 is 19.1 Å². The van der Waals surface area contributed by atoms with E-state index in [9.17, 15) is 8.42 Å². The van der Waals surface area contributed by atoms with Crippen LogP contribution >= 0.6 is 0 Å². The number of hydrogen-bond acceptors (Lipinski definition) is 6. The minimum Gasteiger partial charge on any atom is -0.493 e. The van der Waals surface area contributed by atoms with Gasteiger partial charge in [-0.1, -0.05) is 23.8 Å². The number of piperazine rings is 1. The highest BCUT2D eigenvalue weighted by atomic mass is 32.2. The van der Waals surface area contributed by atoms with E-state index >= 15 is 0 Å². The highest BCUT2D eigenvalue weighted by molar-refractivity contribution is 7.92. The van der Waals surface area contributed by atoms with Crippen molar-refractivity contribution in [3.63, 3.8) is 0 Å². The van der Waals surface area contributed by atoms with Crippen molar-refractivity contribution >= 4 is 21.4 Å². The van der Waals surface area contributed by atoms with Gasteiger partial charge < -0.3 is 14.4 Å². The van der Waals surface area contributed by atoms with Gasteiger partial charge in [-0.2, -0.15) is 0 Å². The van der Waals surface area contributed by atoms with Gasteiger partial charge in [0.05, 0.1) is 19.1 Å². The topological polar surface area (TPSA) is 71.1 Å². The van der Waals surface area contributed by atoms with Crippen molar-refractivity contribution in [3.05, 3.63) is 77.9 Å². The van der Waals surface area contributed by atoms with Crippen LogP contribution in [0.25, 0.3) is 0 Å². The van der Waals surface area contributed by atoms with Crippen molar-refractivity contribution in [2.45, 2.75) is 43.3 Å².